The zero-order chi connectivity index (χ0) is 10.7. The molecule has 15 heavy (non-hydrogen) atoms. The third-order valence-electron chi connectivity index (χ3n) is 2.61. The Balaban J connectivity index is 2.16. The van der Waals surface area contributed by atoms with Crippen LogP contribution < -0.4 is 5.32 Å². The summed E-state index contributed by atoms with van der Waals surface area (Å²) in [6, 6.07) is 0. The molecule has 0 aliphatic carbocycles. The molecule has 1 unspecified atom stereocenters. The molecule has 0 spiro atoms. The molecule has 82 valence electrons. The molecule has 1 aromatic heterocycles. The molecular formula is C10H13F2N3. The second kappa shape index (κ2) is 4.61. The topological polar surface area (TPSA) is 37.8 Å². The van der Waals surface area contributed by atoms with E-state index >= 15 is 0 Å². The van der Waals surface area contributed by atoms with Gasteiger partial charge in [0.05, 0.1) is 11.9 Å². The number of alkyl halides is 2. The van der Waals surface area contributed by atoms with Crippen LogP contribution in [0.4, 0.5) is 8.78 Å². The molecule has 1 saturated heterocycles. The summed E-state index contributed by atoms with van der Waals surface area (Å²) in [5, 5.41) is 3.23. The van der Waals surface area contributed by atoms with Crippen LogP contribution in [0.15, 0.2) is 12.4 Å². The lowest BCUT2D eigenvalue weighted by Crippen LogP contribution is -2.29. The van der Waals surface area contributed by atoms with Gasteiger partial charge in [0.25, 0.3) is 6.43 Å². The average Bonchev–Trinajstić information content (AvgIpc) is 2.30. The molecule has 5 heteroatoms. The van der Waals surface area contributed by atoms with E-state index in [0.717, 1.165) is 32.1 Å². The van der Waals surface area contributed by atoms with E-state index in [-0.39, 0.29) is 11.6 Å². The van der Waals surface area contributed by atoms with Gasteiger partial charge in [-0.25, -0.2) is 13.8 Å². The second-order valence-corrected chi connectivity index (χ2v) is 3.71. The van der Waals surface area contributed by atoms with Gasteiger partial charge in [-0.05, 0) is 19.4 Å². The lowest BCUT2D eigenvalue weighted by atomic mass is 9.96. The van der Waals surface area contributed by atoms with Crippen molar-refractivity contribution in [3.05, 3.63) is 23.8 Å². The minimum absolute atomic E-state index is 0.224. The lowest BCUT2D eigenvalue weighted by molar-refractivity contribution is 0.145. The SMILES string of the molecule is FC(F)c1cncc(C2CCCNC2)n1. The molecule has 1 aromatic rings. The van der Waals surface area contributed by atoms with Crippen LogP contribution in [0.1, 0.15) is 36.6 Å². The maximum absolute atomic E-state index is 12.4. The van der Waals surface area contributed by atoms with E-state index < -0.39 is 6.43 Å². The first kappa shape index (κ1) is 10.4. The van der Waals surface area contributed by atoms with E-state index in [0.29, 0.717) is 5.69 Å². The van der Waals surface area contributed by atoms with Crippen LogP contribution in [-0.2, 0) is 0 Å². The fourth-order valence-corrected chi connectivity index (χ4v) is 1.80. The van der Waals surface area contributed by atoms with E-state index in [1.807, 2.05) is 0 Å². The Morgan fingerprint density at radius 2 is 2.27 bits per heavy atom. The second-order valence-electron chi connectivity index (χ2n) is 3.71. The van der Waals surface area contributed by atoms with Gasteiger partial charge < -0.3 is 5.32 Å². The van der Waals surface area contributed by atoms with E-state index in [1.54, 1.807) is 6.20 Å². The summed E-state index contributed by atoms with van der Waals surface area (Å²) in [7, 11) is 0. The van der Waals surface area contributed by atoms with Gasteiger partial charge in [0, 0.05) is 18.7 Å². The van der Waals surface area contributed by atoms with Crippen molar-refractivity contribution in [3.63, 3.8) is 0 Å². The molecule has 0 amide bonds. The highest BCUT2D eigenvalue weighted by Gasteiger charge is 2.18. The summed E-state index contributed by atoms with van der Waals surface area (Å²) < 4.78 is 24.8. The third-order valence-corrected chi connectivity index (χ3v) is 2.61. The van der Waals surface area contributed by atoms with Crippen molar-refractivity contribution in [3.8, 4) is 0 Å². The summed E-state index contributed by atoms with van der Waals surface area (Å²) in [5.74, 6) is 0.227. The van der Waals surface area contributed by atoms with Gasteiger partial charge in [0.2, 0.25) is 0 Å². The molecule has 3 nitrogen and oxygen atoms in total. The number of hydrogen-bond donors (Lipinski definition) is 1. The number of rotatable bonds is 2. The molecule has 2 rings (SSSR count). The Kier molecular flexibility index (Phi) is 3.20. The summed E-state index contributed by atoms with van der Waals surface area (Å²) >= 11 is 0. The van der Waals surface area contributed by atoms with Gasteiger partial charge in [0.15, 0.2) is 0 Å². The van der Waals surface area contributed by atoms with E-state index in [4.69, 9.17) is 0 Å². The maximum Gasteiger partial charge on any atom is 0.281 e. The number of nitrogens with zero attached hydrogens (tertiary/aromatic N) is 2. The highest BCUT2D eigenvalue weighted by Crippen LogP contribution is 2.23. The van der Waals surface area contributed by atoms with Crippen LogP contribution in [0.5, 0.6) is 0 Å². The molecule has 0 radical (unpaired) electrons. The van der Waals surface area contributed by atoms with Crippen molar-refractivity contribution in [1.29, 1.82) is 0 Å². The van der Waals surface area contributed by atoms with Crippen LogP contribution in [0.25, 0.3) is 0 Å². The van der Waals surface area contributed by atoms with E-state index in [1.165, 1.54) is 0 Å². The van der Waals surface area contributed by atoms with Crippen LogP contribution >= 0.6 is 0 Å². The Morgan fingerprint density at radius 1 is 1.40 bits per heavy atom. The number of hydrogen-bond acceptors (Lipinski definition) is 3. The number of aromatic nitrogens is 2. The van der Waals surface area contributed by atoms with Crippen molar-refractivity contribution in [2.24, 2.45) is 0 Å². The molecule has 1 fully saturated rings. The van der Waals surface area contributed by atoms with Gasteiger partial charge in [0.1, 0.15) is 5.69 Å². The molecule has 1 N–H and O–H groups in total. The van der Waals surface area contributed by atoms with Crippen molar-refractivity contribution in [2.45, 2.75) is 25.2 Å². The van der Waals surface area contributed by atoms with Crippen molar-refractivity contribution >= 4 is 0 Å². The van der Waals surface area contributed by atoms with Gasteiger partial charge in [-0.15, -0.1) is 0 Å². The van der Waals surface area contributed by atoms with Crippen LogP contribution in [-0.4, -0.2) is 23.1 Å². The highest BCUT2D eigenvalue weighted by molar-refractivity contribution is 5.10. The predicted octanol–water partition coefficient (Wildman–Crippen LogP) is 1.88. The minimum atomic E-state index is -2.53. The fourth-order valence-electron chi connectivity index (χ4n) is 1.80. The summed E-state index contributed by atoms with van der Waals surface area (Å²) in [5.41, 5.74) is 0.457. The summed E-state index contributed by atoms with van der Waals surface area (Å²) in [4.78, 5) is 7.75. The van der Waals surface area contributed by atoms with Gasteiger partial charge in [-0.1, -0.05) is 0 Å². The van der Waals surface area contributed by atoms with Crippen molar-refractivity contribution in [2.75, 3.05) is 13.1 Å². The molecule has 1 aliphatic rings. The lowest BCUT2D eigenvalue weighted by Gasteiger charge is -2.22. The predicted molar refractivity (Wildman–Crippen MR) is 51.8 cm³/mol. The third kappa shape index (κ3) is 2.47. The Morgan fingerprint density at radius 3 is 2.93 bits per heavy atom. The van der Waals surface area contributed by atoms with Gasteiger partial charge >= 0.3 is 0 Å². The molecular weight excluding hydrogens is 200 g/mol. The van der Waals surface area contributed by atoms with Crippen molar-refractivity contribution in [1.82, 2.24) is 15.3 Å². The monoisotopic (exact) mass is 213 g/mol. The number of piperidine rings is 1. The van der Waals surface area contributed by atoms with Gasteiger partial charge in [-0.2, -0.15) is 0 Å². The zero-order valence-corrected chi connectivity index (χ0v) is 8.29. The molecule has 2 heterocycles. The number of halogens is 2. The smallest absolute Gasteiger partial charge is 0.281 e. The summed E-state index contributed by atoms with van der Waals surface area (Å²) in [6.07, 6.45) is 2.24. The standard InChI is InChI=1S/C10H13F2N3/c11-10(12)9-6-14-5-8(15-9)7-2-1-3-13-4-7/h5-7,10,13H,1-4H2. The first-order chi connectivity index (χ1) is 7.27. The first-order valence-electron chi connectivity index (χ1n) is 5.08. The van der Waals surface area contributed by atoms with E-state index in [9.17, 15) is 8.78 Å². The van der Waals surface area contributed by atoms with E-state index in [2.05, 4.69) is 15.3 Å². The normalized spacial score (nSPS) is 21.9. The molecule has 1 aliphatic heterocycles. The van der Waals surface area contributed by atoms with Crippen LogP contribution in [0, 0.1) is 0 Å². The summed E-state index contributed by atoms with van der Waals surface area (Å²) in [6.45, 7) is 1.81. The Bertz CT molecular complexity index is 324. The Labute approximate surface area is 86.9 Å². The maximum atomic E-state index is 12.4. The molecule has 0 aromatic carbocycles. The fraction of sp³-hybridized carbons (Fsp3) is 0.600. The minimum Gasteiger partial charge on any atom is -0.316 e. The highest BCUT2D eigenvalue weighted by atomic mass is 19.3. The first-order valence-corrected chi connectivity index (χ1v) is 5.08. The number of nitrogens with one attached hydrogen (secondary N) is 1. The van der Waals surface area contributed by atoms with Crippen molar-refractivity contribution < 1.29 is 8.78 Å². The zero-order valence-electron chi connectivity index (χ0n) is 8.29. The van der Waals surface area contributed by atoms with Crippen LogP contribution in [0.2, 0.25) is 0 Å². The quantitative estimate of drug-likeness (QED) is 0.815. The average molecular weight is 213 g/mol. The molecule has 1 atom stereocenters. The van der Waals surface area contributed by atoms with Gasteiger partial charge in [-0.3, -0.25) is 4.98 Å². The van der Waals surface area contributed by atoms with Crippen LogP contribution in [0.3, 0.4) is 0 Å². The molecule has 0 saturated carbocycles. The Hall–Kier alpha value is -1.10. The largest absolute Gasteiger partial charge is 0.316 e. The molecule has 0 bridgehead atoms.